The minimum atomic E-state index is -0.168. The lowest BCUT2D eigenvalue weighted by molar-refractivity contribution is 0.504. The molecule has 1 aromatic rings. The van der Waals surface area contributed by atoms with E-state index in [-0.39, 0.29) is 5.82 Å². The van der Waals surface area contributed by atoms with Crippen molar-refractivity contribution < 1.29 is 4.39 Å². The first kappa shape index (κ1) is 13.3. The van der Waals surface area contributed by atoms with Gasteiger partial charge in [0, 0.05) is 24.8 Å². The van der Waals surface area contributed by atoms with Crippen molar-refractivity contribution in [2.24, 2.45) is 5.92 Å². The van der Waals surface area contributed by atoms with Gasteiger partial charge in [-0.3, -0.25) is 0 Å². The zero-order valence-electron chi connectivity index (χ0n) is 11.3. The number of rotatable bonds is 7. The minimum Gasteiger partial charge on any atom is -0.371 e. The Labute approximate surface area is 109 Å². The molecule has 0 heterocycles. The summed E-state index contributed by atoms with van der Waals surface area (Å²) in [6, 6.07) is 7.56. The highest BCUT2D eigenvalue weighted by Gasteiger charge is 2.21. The molecule has 1 unspecified atom stereocenters. The Morgan fingerprint density at radius 3 is 2.56 bits per heavy atom. The number of anilines is 1. The van der Waals surface area contributed by atoms with Crippen LogP contribution in [0, 0.1) is 11.7 Å². The van der Waals surface area contributed by atoms with Crippen molar-refractivity contribution in [1.29, 1.82) is 0 Å². The van der Waals surface area contributed by atoms with Crippen molar-refractivity contribution in [2.75, 3.05) is 24.5 Å². The lowest BCUT2D eigenvalue weighted by Gasteiger charge is -2.26. The van der Waals surface area contributed by atoms with Crippen LogP contribution in [0.15, 0.2) is 24.3 Å². The third kappa shape index (κ3) is 3.98. The van der Waals surface area contributed by atoms with Crippen molar-refractivity contribution in [3.8, 4) is 0 Å². The van der Waals surface area contributed by atoms with Crippen molar-refractivity contribution in [3.05, 3.63) is 30.1 Å². The summed E-state index contributed by atoms with van der Waals surface area (Å²) in [4.78, 5) is 2.30. The Morgan fingerprint density at radius 2 is 2.00 bits per heavy atom. The van der Waals surface area contributed by atoms with E-state index in [1.807, 2.05) is 12.1 Å². The number of halogens is 1. The van der Waals surface area contributed by atoms with Gasteiger partial charge in [-0.15, -0.1) is 0 Å². The van der Waals surface area contributed by atoms with Gasteiger partial charge in [-0.05, 0) is 56.5 Å². The second-order valence-corrected chi connectivity index (χ2v) is 5.30. The fourth-order valence-corrected chi connectivity index (χ4v) is 2.17. The molecule has 0 saturated heterocycles. The summed E-state index contributed by atoms with van der Waals surface area (Å²) in [6.45, 7) is 7.45. The number of nitrogens with one attached hydrogen (secondary N) is 1. The van der Waals surface area contributed by atoms with Gasteiger partial charge < -0.3 is 10.2 Å². The van der Waals surface area contributed by atoms with E-state index in [4.69, 9.17) is 0 Å². The third-order valence-electron chi connectivity index (χ3n) is 3.44. The molecular formula is C15H23FN2. The molecule has 1 aliphatic rings. The predicted octanol–water partition coefficient (Wildman–Crippen LogP) is 3.04. The number of nitrogens with zero attached hydrogens (tertiary/aromatic N) is 1. The maximum atomic E-state index is 12.9. The molecule has 1 N–H and O–H groups in total. The molecule has 0 bridgehead atoms. The summed E-state index contributed by atoms with van der Waals surface area (Å²) in [7, 11) is 0. The van der Waals surface area contributed by atoms with Gasteiger partial charge in [0.15, 0.2) is 0 Å². The van der Waals surface area contributed by atoms with Gasteiger partial charge in [0.2, 0.25) is 0 Å². The zero-order valence-corrected chi connectivity index (χ0v) is 11.3. The van der Waals surface area contributed by atoms with Crippen LogP contribution in [0.25, 0.3) is 0 Å². The van der Waals surface area contributed by atoms with E-state index in [1.165, 1.54) is 25.0 Å². The lowest BCUT2D eigenvalue weighted by atomic mass is 10.1. The highest BCUT2D eigenvalue weighted by Crippen LogP contribution is 2.20. The van der Waals surface area contributed by atoms with Crippen LogP contribution in [-0.2, 0) is 0 Å². The average Bonchev–Trinajstić information content (AvgIpc) is 3.19. The first-order valence-electron chi connectivity index (χ1n) is 6.93. The van der Waals surface area contributed by atoms with Crippen LogP contribution in [0.4, 0.5) is 10.1 Å². The molecule has 1 aromatic carbocycles. The van der Waals surface area contributed by atoms with E-state index >= 15 is 0 Å². The van der Waals surface area contributed by atoms with Gasteiger partial charge >= 0.3 is 0 Å². The van der Waals surface area contributed by atoms with Crippen LogP contribution in [0.1, 0.15) is 26.7 Å². The third-order valence-corrected chi connectivity index (χ3v) is 3.44. The summed E-state index contributed by atoms with van der Waals surface area (Å²) >= 11 is 0. The highest BCUT2D eigenvalue weighted by atomic mass is 19.1. The molecule has 1 saturated carbocycles. The number of benzene rings is 1. The monoisotopic (exact) mass is 250 g/mol. The maximum Gasteiger partial charge on any atom is 0.123 e. The zero-order chi connectivity index (χ0) is 13.0. The van der Waals surface area contributed by atoms with Crippen LogP contribution in [0.5, 0.6) is 0 Å². The lowest BCUT2D eigenvalue weighted by Crippen LogP contribution is -2.34. The van der Waals surface area contributed by atoms with E-state index in [1.54, 1.807) is 0 Å². The van der Waals surface area contributed by atoms with Crippen LogP contribution < -0.4 is 10.2 Å². The fraction of sp³-hybridized carbons (Fsp3) is 0.600. The van der Waals surface area contributed by atoms with E-state index in [9.17, 15) is 4.39 Å². The largest absolute Gasteiger partial charge is 0.371 e. The SMILES string of the molecule is CCN(CC(C)CNC1CC1)c1ccc(F)cc1. The Bertz CT molecular complexity index is 359. The molecule has 0 aliphatic heterocycles. The molecule has 100 valence electrons. The normalized spacial score (nSPS) is 16.6. The van der Waals surface area contributed by atoms with E-state index in [0.29, 0.717) is 5.92 Å². The van der Waals surface area contributed by atoms with E-state index < -0.39 is 0 Å². The molecule has 1 fully saturated rings. The first-order chi connectivity index (χ1) is 8.69. The molecule has 0 aromatic heterocycles. The van der Waals surface area contributed by atoms with Gasteiger partial charge in [-0.25, -0.2) is 4.39 Å². The summed E-state index contributed by atoms with van der Waals surface area (Å²) in [5.41, 5.74) is 1.11. The topological polar surface area (TPSA) is 15.3 Å². The Balaban J connectivity index is 1.84. The second kappa shape index (κ2) is 6.19. The molecule has 3 heteroatoms. The highest BCUT2D eigenvalue weighted by molar-refractivity contribution is 5.46. The van der Waals surface area contributed by atoms with Gasteiger partial charge in [0.25, 0.3) is 0 Å². The summed E-state index contributed by atoms with van der Waals surface area (Å²) in [6.07, 6.45) is 2.67. The molecule has 1 aliphatic carbocycles. The van der Waals surface area contributed by atoms with Crippen molar-refractivity contribution >= 4 is 5.69 Å². The predicted molar refractivity (Wildman–Crippen MR) is 74.5 cm³/mol. The molecule has 0 amide bonds. The molecule has 2 nitrogen and oxygen atoms in total. The molecular weight excluding hydrogens is 227 g/mol. The van der Waals surface area contributed by atoms with Crippen LogP contribution in [0.3, 0.4) is 0 Å². The first-order valence-corrected chi connectivity index (χ1v) is 6.93. The maximum absolute atomic E-state index is 12.9. The Morgan fingerprint density at radius 1 is 1.33 bits per heavy atom. The number of hydrogen-bond acceptors (Lipinski definition) is 2. The average molecular weight is 250 g/mol. The van der Waals surface area contributed by atoms with Crippen molar-refractivity contribution in [2.45, 2.75) is 32.7 Å². The molecule has 0 spiro atoms. The summed E-state index contributed by atoms with van der Waals surface area (Å²) in [5, 5.41) is 3.56. The Hall–Kier alpha value is -1.09. The molecule has 1 atom stereocenters. The van der Waals surface area contributed by atoms with E-state index in [0.717, 1.165) is 31.4 Å². The number of hydrogen-bond donors (Lipinski definition) is 1. The summed E-state index contributed by atoms with van der Waals surface area (Å²) < 4.78 is 12.9. The van der Waals surface area contributed by atoms with Gasteiger partial charge in [0.1, 0.15) is 5.82 Å². The molecule has 0 radical (unpaired) electrons. The fourth-order valence-electron chi connectivity index (χ4n) is 2.17. The van der Waals surface area contributed by atoms with Gasteiger partial charge in [-0.1, -0.05) is 6.92 Å². The van der Waals surface area contributed by atoms with Crippen LogP contribution in [-0.4, -0.2) is 25.7 Å². The molecule has 2 rings (SSSR count). The summed E-state index contributed by atoms with van der Waals surface area (Å²) in [5.74, 6) is 0.439. The standard InChI is InChI=1S/C15H23FN2/c1-3-18(15-8-4-13(16)5-9-15)11-12(2)10-17-14-6-7-14/h4-5,8-9,12,14,17H,3,6-7,10-11H2,1-2H3. The van der Waals surface area contributed by atoms with E-state index in [2.05, 4.69) is 24.1 Å². The van der Waals surface area contributed by atoms with Crippen LogP contribution >= 0.6 is 0 Å². The van der Waals surface area contributed by atoms with Gasteiger partial charge in [-0.2, -0.15) is 0 Å². The Kier molecular flexibility index (Phi) is 4.59. The van der Waals surface area contributed by atoms with Crippen molar-refractivity contribution in [1.82, 2.24) is 5.32 Å². The van der Waals surface area contributed by atoms with Gasteiger partial charge in [0.05, 0.1) is 0 Å². The second-order valence-electron chi connectivity index (χ2n) is 5.30. The minimum absolute atomic E-state index is 0.168. The quantitative estimate of drug-likeness (QED) is 0.800. The van der Waals surface area contributed by atoms with Crippen molar-refractivity contribution in [3.63, 3.8) is 0 Å². The smallest absolute Gasteiger partial charge is 0.123 e. The van der Waals surface area contributed by atoms with Crippen LogP contribution in [0.2, 0.25) is 0 Å². The molecule has 18 heavy (non-hydrogen) atoms.